The summed E-state index contributed by atoms with van der Waals surface area (Å²) in [6.45, 7) is 0. The van der Waals surface area contributed by atoms with Crippen LogP contribution < -0.4 is 14.5 Å². The molecule has 0 unspecified atom stereocenters. The van der Waals surface area contributed by atoms with Crippen molar-refractivity contribution in [3.05, 3.63) is 133 Å². The second-order valence-electron chi connectivity index (χ2n) is 7.63. The van der Waals surface area contributed by atoms with E-state index in [1.807, 2.05) is 121 Å². The van der Waals surface area contributed by atoms with Crippen molar-refractivity contribution in [2.24, 2.45) is 9.98 Å². The predicted octanol–water partition coefficient (Wildman–Crippen LogP) is 9.11. The van der Waals surface area contributed by atoms with Crippen LogP contribution in [-0.4, -0.2) is 12.4 Å². The van der Waals surface area contributed by atoms with Crippen LogP contribution in [0.4, 0.5) is 11.4 Å². The molecule has 0 saturated heterocycles. The van der Waals surface area contributed by atoms with Gasteiger partial charge in [-0.25, -0.2) is 0 Å². The van der Waals surface area contributed by atoms with Crippen LogP contribution in [0.3, 0.4) is 0 Å². The number of hydrogen-bond donors (Lipinski definition) is 0. The van der Waals surface area contributed by atoms with E-state index in [4.69, 9.17) is 29.7 Å². The number of hydrogen-bond acceptors (Lipinski definition) is 4. The van der Waals surface area contributed by atoms with Crippen molar-refractivity contribution >= 4 is 44.0 Å². The number of aliphatic imine (C=N–C) groups is 2. The average Bonchev–Trinajstić information content (AvgIpc) is 3.41. The Morgan fingerprint density at radius 2 is 0.895 bits per heavy atom. The third-order valence-corrected chi connectivity index (χ3v) is 5.03. The zero-order chi connectivity index (χ0) is 26.4. The normalized spacial score (nSPS) is 10.8. The Morgan fingerprint density at radius 3 is 1.32 bits per heavy atom. The van der Waals surface area contributed by atoms with Gasteiger partial charge in [0, 0.05) is 12.4 Å². The summed E-state index contributed by atoms with van der Waals surface area (Å²) in [5.74, 6) is 2.88. The molecule has 0 aliphatic heterocycles. The van der Waals surface area contributed by atoms with Crippen molar-refractivity contribution in [2.45, 2.75) is 0 Å². The molecule has 0 amide bonds. The fourth-order valence-corrected chi connectivity index (χ4v) is 3.34. The van der Waals surface area contributed by atoms with Gasteiger partial charge in [-0.05, 0) is 48.5 Å². The molecule has 8 heteroatoms. The summed E-state index contributed by atoms with van der Waals surface area (Å²) >= 11 is 0.194. The maximum absolute atomic E-state index is 5.98. The molecular weight excluding hydrogens is 561 g/mol. The number of nitrogens with zero attached hydrogens (tertiary/aromatic N) is 3. The number of rotatable bonds is 8. The Kier molecular flexibility index (Phi) is 10.6. The molecule has 5 rings (SSSR count). The van der Waals surface area contributed by atoms with E-state index in [2.05, 4.69) is 15.0 Å². The summed E-state index contributed by atoms with van der Waals surface area (Å²) in [7, 11) is 9.53. The fraction of sp³-hybridized carbons (Fsp3) is 0. The maximum atomic E-state index is 5.98. The summed E-state index contributed by atoms with van der Waals surface area (Å²) in [6.07, 6.45) is 3.44. The molecule has 0 aliphatic rings. The van der Waals surface area contributed by atoms with Crippen molar-refractivity contribution in [1.82, 2.24) is 4.98 Å². The number of halogens is 2. The molecule has 1 heterocycles. The van der Waals surface area contributed by atoms with Crippen LogP contribution in [0.15, 0.2) is 131 Å². The van der Waals surface area contributed by atoms with Crippen LogP contribution in [0.1, 0.15) is 11.4 Å². The molecule has 0 spiro atoms. The van der Waals surface area contributed by atoms with Crippen molar-refractivity contribution in [2.75, 3.05) is 0 Å². The summed E-state index contributed by atoms with van der Waals surface area (Å²) in [6, 6.07) is 38.4. The molecular formula is C30H22Cl2FeN3O2. The molecule has 5 aromatic rings. The van der Waals surface area contributed by atoms with E-state index in [-0.39, 0.29) is 13.1 Å². The molecule has 0 saturated carbocycles. The summed E-state index contributed by atoms with van der Waals surface area (Å²) in [5, 5.41) is 0. The van der Waals surface area contributed by atoms with Gasteiger partial charge in [0.1, 0.15) is 22.9 Å². The first-order valence-corrected chi connectivity index (χ1v) is 14.5. The Morgan fingerprint density at radius 1 is 0.526 bits per heavy atom. The predicted molar refractivity (Wildman–Crippen MR) is 152 cm³/mol. The molecule has 0 bridgehead atoms. The third kappa shape index (κ3) is 8.37. The molecule has 38 heavy (non-hydrogen) atoms. The standard InChI is InChI=1S/C30H22N3O2.2ClH.Fe/c1-3-11-25(12-4-1)34-29-17-9-7-15-27(29)31-21-23-19-20-24(33-23)22-32-28-16-8-10-18-30(28)35-26-13-5-2-6-14-26;;;/h1-22H;2*1H;/q-1;;;+3/p-2. The van der Waals surface area contributed by atoms with E-state index < -0.39 is 0 Å². The first-order chi connectivity index (χ1) is 18.7. The first-order valence-electron chi connectivity index (χ1n) is 11.5. The number of para-hydroxylation sites is 6. The summed E-state index contributed by atoms with van der Waals surface area (Å²) < 4.78 is 12.0. The van der Waals surface area contributed by atoms with Crippen molar-refractivity contribution < 1.29 is 22.6 Å². The van der Waals surface area contributed by atoms with E-state index in [0.29, 0.717) is 11.5 Å². The minimum absolute atomic E-state index is 0.194. The molecule has 4 aromatic carbocycles. The van der Waals surface area contributed by atoms with E-state index in [0.717, 1.165) is 34.3 Å². The van der Waals surface area contributed by atoms with E-state index in [1.165, 1.54) is 0 Å². The van der Waals surface area contributed by atoms with Gasteiger partial charge in [0.15, 0.2) is 11.5 Å². The van der Waals surface area contributed by atoms with Crippen LogP contribution in [0.5, 0.6) is 23.0 Å². The molecule has 0 radical (unpaired) electrons. The van der Waals surface area contributed by atoms with Gasteiger partial charge in [-0.3, -0.25) is 9.98 Å². The number of benzene rings is 4. The second kappa shape index (κ2) is 14.8. The summed E-state index contributed by atoms with van der Waals surface area (Å²) in [5.41, 5.74) is 2.91. The fourth-order valence-electron chi connectivity index (χ4n) is 3.34. The second-order valence-corrected chi connectivity index (χ2v) is 9.45. The molecule has 0 atom stereocenters. The first kappa shape index (κ1) is 27.2. The Balaban J connectivity index is 0.00000107. The van der Waals surface area contributed by atoms with Crippen molar-refractivity contribution in [3.63, 3.8) is 0 Å². The minimum atomic E-state index is 0.194. The van der Waals surface area contributed by atoms with E-state index >= 15 is 0 Å². The van der Waals surface area contributed by atoms with Crippen LogP contribution >= 0.6 is 20.2 Å². The van der Waals surface area contributed by atoms with E-state index in [9.17, 15) is 0 Å². The van der Waals surface area contributed by atoms with Gasteiger partial charge in [-0.15, -0.1) is 11.4 Å². The zero-order valence-electron chi connectivity index (χ0n) is 20.0. The van der Waals surface area contributed by atoms with Gasteiger partial charge in [-0.1, -0.05) is 72.8 Å². The van der Waals surface area contributed by atoms with Crippen molar-refractivity contribution in [1.29, 1.82) is 0 Å². The van der Waals surface area contributed by atoms with Gasteiger partial charge in [0.2, 0.25) is 0 Å². The van der Waals surface area contributed by atoms with Gasteiger partial charge < -0.3 is 14.5 Å². The quantitative estimate of drug-likeness (QED) is 0.135. The average molecular weight is 583 g/mol. The van der Waals surface area contributed by atoms with Crippen LogP contribution in [0.25, 0.3) is 0 Å². The monoisotopic (exact) mass is 582 g/mol. The van der Waals surface area contributed by atoms with Gasteiger partial charge >= 0.3 is 33.3 Å². The number of ether oxygens (including phenoxy) is 2. The van der Waals surface area contributed by atoms with E-state index in [1.54, 1.807) is 12.4 Å². The number of aromatic nitrogens is 1. The Labute approximate surface area is 236 Å². The van der Waals surface area contributed by atoms with Crippen LogP contribution in [0.2, 0.25) is 0 Å². The molecule has 5 nitrogen and oxygen atoms in total. The third-order valence-electron chi connectivity index (χ3n) is 5.03. The SMILES string of the molecule is C(=Nc1ccccc1Oc1ccccc1)c1ccc(C=Nc2ccccc2Oc2ccccc2)[n-]1.[Cl][Fe+][Cl]. The van der Waals surface area contributed by atoms with Crippen LogP contribution in [-0.2, 0) is 13.1 Å². The molecule has 191 valence electrons. The zero-order valence-corrected chi connectivity index (χ0v) is 22.6. The molecule has 0 N–H and O–H groups in total. The summed E-state index contributed by atoms with van der Waals surface area (Å²) in [4.78, 5) is 13.8. The Hall–Kier alpha value is -3.80. The molecule has 1 aromatic heterocycles. The van der Waals surface area contributed by atoms with Gasteiger partial charge in [0.05, 0.1) is 0 Å². The molecule has 0 fully saturated rings. The van der Waals surface area contributed by atoms with Gasteiger partial charge in [-0.2, -0.15) is 0 Å². The van der Waals surface area contributed by atoms with Crippen LogP contribution in [0, 0.1) is 0 Å². The topological polar surface area (TPSA) is 57.3 Å². The van der Waals surface area contributed by atoms with Gasteiger partial charge in [0.25, 0.3) is 0 Å². The molecule has 0 aliphatic carbocycles. The Bertz CT molecular complexity index is 1370. The van der Waals surface area contributed by atoms with Crippen molar-refractivity contribution in [3.8, 4) is 23.0 Å².